The highest BCUT2D eigenvalue weighted by atomic mass is 16.5. The number of hydrogen-bond donors (Lipinski definition) is 7. The molecule has 2 aromatic heterocycles. The van der Waals surface area contributed by atoms with Crippen LogP contribution in [0.3, 0.4) is 0 Å². The van der Waals surface area contributed by atoms with Gasteiger partial charge in [-0.2, -0.15) is 0 Å². The van der Waals surface area contributed by atoms with Gasteiger partial charge < -0.3 is 57.2 Å². The molecule has 9 N–H and O–H groups in total. The summed E-state index contributed by atoms with van der Waals surface area (Å²) in [5.74, 6) is -2.93. The van der Waals surface area contributed by atoms with Crippen LogP contribution < -0.4 is 47.7 Å². The molecule has 0 aliphatic carbocycles. The number of pyridine rings is 1. The van der Waals surface area contributed by atoms with Gasteiger partial charge in [0.25, 0.3) is 17.7 Å². The van der Waals surface area contributed by atoms with E-state index in [1.807, 2.05) is 6.07 Å². The van der Waals surface area contributed by atoms with E-state index in [1.54, 1.807) is 81.7 Å². The van der Waals surface area contributed by atoms with Crippen molar-refractivity contribution in [3.05, 3.63) is 96.6 Å². The number of anilines is 4. The highest BCUT2D eigenvalue weighted by Crippen LogP contribution is 2.28. The molecule has 23 heteroatoms. The summed E-state index contributed by atoms with van der Waals surface area (Å²) in [6.45, 7) is 8.37. The molecule has 2 aliphatic rings. The summed E-state index contributed by atoms with van der Waals surface area (Å²) in [6, 6.07) is 13.9. The molecule has 2 aromatic carbocycles. The van der Waals surface area contributed by atoms with Crippen molar-refractivity contribution in [2.45, 2.75) is 84.5 Å². The topological polar surface area (TPSA) is 322 Å². The molecule has 0 spiro atoms. The Balaban J connectivity index is 0.929. The molecule has 76 heavy (non-hydrogen) atoms. The van der Waals surface area contributed by atoms with Crippen molar-refractivity contribution in [2.75, 3.05) is 67.2 Å². The van der Waals surface area contributed by atoms with E-state index in [-0.39, 0.29) is 86.4 Å². The molecule has 6 rings (SSSR count). The lowest BCUT2D eigenvalue weighted by atomic mass is 9.89. The van der Waals surface area contributed by atoms with E-state index in [0.717, 1.165) is 10.6 Å². The number of hydrogen-bond acceptors (Lipinski definition) is 16. The number of ether oxygens (including phenoxy) is 3. The van der Waals surface area contributed by atoms with Gasteiger partial charge in [-0.3, -0.25) is 38.7 Å². The van der Waals surface area contributed by atoms with Crippen LogP contribution in [0.2, 0.25) is 0 Å². The second-order valence-corrected chi connectivity index (χ2v) is 18.6. The van der Waals surface area contributed by atoms with Crippen LogP contribution in [0, 0.1) is 11.8 Å². The number of morpholine rings is 1. The van der Waals surface area contributed by atoms with E-state index in [4.69, 9.17) is 25.7 Å². The molecule has 0 saturated carbocycles. The predicted octanol–water partition coefficient (Wildman–Crippen LogP) is 4.49. The van der Waals surface area contributed by atoms with Crippen molar-refractivity contribution >= 4 is 70.3 Å². The van der Waals surface area contributed by atoms with E-state index < -0.39 is 42.0 Å². The molecule has 4 heterocycles. The van der Waals surface area contributed by atoms with Crippen LogP contribution in [0.25, 0.3) is 11.3 Å². The number of unbranched alkanes of at least 4 members (excludes halogenated alkanes) is 2. The van der Waals surface area contributed by atoms with Crippen LogP contribution in [-0.2, 0) is 40.1 Å². The molecule has 1 saturated heterocycles. The minimum atomic E-state index is -0.853. The Morgan fingerprint density at radius 3 is 2.26 bits per heavy atom. The number of ketones is 1. The number of nitrogen functional groups attached to an aromatic ring is 1. The van der Waals surface area contributed by atoms with Gasteiger partial charge in [-0.25, -0.2) is 19.6 Å². The number of rotatable bonds is 27. The monoisotopic (exact) mass is 1050 g/mol. The maximum absolute atomic E-state index is 13.7. The number of primary amides is 1. The molecular formula is C53H66N12O11. The fourth-order valence-electron chi connectivity index (χ4n) is 8.29. The van der Waals surface area contributed by atoms with Crippen LogP contribution in [0.5, 0.6) is 5.75 Å². The Morgan fingerprint density at radius 1 is 0.842 bits per heavy atom. The zero-order valence-electron chi connectivity index (χ0n) is 42.9. The number of nitrogens with one attached hydrogen (secondary N) is 5. The van der Waals surface area contributed by atoms with Gasteiger partial charge in [-0.15, -0.1) is 0 Å². The zero-order valence-corrected chi connectivity index (χ0v) is 42.9. The quantitative estimate of drug-likeness (QED) is 0.0320. The van der Waals surface area contributed by atoms with Crippen LogP contribution in [-0.4, -0.2) is 125 Å². The van der Waals surface area contributed by atoms with E-state index in [9.17, 15) is 38.4 Å². The first-order valence-corrected chi connectivity index (χ1v) is 25.2. The number of aromatic nitrogens is 3. The molecule has 2 aliphatic heterocycles. The first-order chi connectivity index (χ1) is 36.5. The number of amides is 8. The number of imide groups is 1. The normalized spacial score (nSPS) is 14.4. The number of Topliss-reactive ketones (excluding diaryl/α,β-unsaturated/α-hetero) is 1. The highest BCUT2D eigenvalue weighted by molar-refractivity contribution is 6.13. The van der Waals surface area contributed by atoms with Gasteiger partial charge in [0.15, 0.2) is 17.3 Å². The first-order valence-electron chi connectivity index (χ1n) is 25.2. The SMILES string of the molecule is CC(CNC(=O)OCc1ccc(NC(=O)[C@H](CCCNC(N)=O)CC(=O)[C@@H](NC(=O)CCCCCN2C(=O)C=CC2=O)C(C)C)cc1)Oc1ccc(-c2cnc(N)c(C(=O)Nc3cnccc3N3CCOCC3)n2)cc1. The van der Waals surface area contributed by atoms with Crippen molar-refractivity contribution in [1.29, 1.82) is 0 Å². The van der Waals surface area contributed by atoms with Crippen molar-refractivity contribution in [1.82, 2.24) is 35.8 Å². The largest absolute Gasteiger partial charge is 0.489 e. The summed E-state index contributed by atoms with van der Waals surface area (Å²) in [5.41, 5.74) is 14.7. The van der Waals surface area contributed by atoms with Crippen LogP contribution >= 0.6 is 0 Å². The number of alkyl carbamates (subject to hydrolysis) is 1. The molecular weight excluding hydrogens is 981 g/mol. The Morgan fingerprint density at radius 2 is 1.57 bits per heavy atom. The molecule has 23 nitrogen and oxygen atoms in total. The summed E-state index contributed by atoms with van der Waals surface area (Å²) in [4.78, 5) is 117. The Hall–Kier alpha value is -8.47. The highest BCUT2D eigenvalue weighted by Gasteiger charge is 2.30. The summed E-state index contributed by atoms with van der Waals surface area (Å²) in [6.07, 6.45) is 8.20. The molecule has 1 fully saturated rings. The maximum atomic E-state index is 13.7. The van der Waals surface area contributed by atoms with Crippen molar-refractivity contribution in [2.24, 2.45) is 17.6 Å². The number of nitrogens with zero attached hydrogens (tertiary/aromatic N) is 5. The van der Waals surface area contributed by atoms with Crippen LogP contribution in [0.1, 0.15) is 81.8 Å². The third-order valence-corrected chi connectivity index (χ3v) is 12.4. The van der Waals surface area contributed by atoms with Gasteiger partial charge in [0.05, 0.1) is 55.3 Å². The van der Waals surface area contributed by atoms with Crippen LogP contribution in [0.4, 0.5) is 32.5 Å². The summed E-state index contributed by atoms with van der Waals surface area (Å²) in [7, 11) is 0. The Kier molecular flexibility index (Phi) is 21.1. The lowest BCUT2D eigenvalue weighted by Gasteiger charge is -2.30. The van der Waals surface area contributed by atoms with Crippen LogP contribution in [0.15, 0.2) is 85.3 Å². The van der Waals surface area contributed by atoms with E-state index >= 15 is 0 Å². The number of carbonyl (C=O) groups is 8. The van der Waals surface area contributed by atoms with E-state index in [0.29, 0.717) is 85.9 Å². The maximum Gasteiger partial charge on any atom is 0.407 e. The first kappa shape index (κ1) is 56.8. The second kappa shape index (κ2) is 28.3. The smallest absolute Gasteiger partial charge is 0.407 e. The standard InChI is InChI=1S/C53H66N12O11/c1-33(2)47(63-44(67)9-5-4-6-23-65-45(68)18-19-46(65)69)43(66)28-37(8-7-21-57-52(55)72)50(70)60-38-14-10-35(11-15-38)32-75-53(73)59-29-34(3)76-39-16-12-36(13-17-39)40-31-58-49(54)48(61-40)51(71)62-41-30-56-22-20-42(41)64-24-26-74-27-25-64/h10-20,22,30-31,33-34,37,47H,4-9,21,23-29,32H2,1-3H3,(H2,54,58)(H,59,73)(H,60,70)(H,62,71)(H,63,67)(H3,55,57,72)/t34?,37-,47+/m1/s1. The molecule has 1 unspecified atom stereocenters. The van der Waals surface area contributed by atoms with Gasteiger partial charge in [0, 0.05) is 74.5 Å². The minimum absolute atomic E-state index is 0.0310. The fourth-order valence-corrected chi connectivity index (χ4v) is 8.29. The number of urea groups is 1. The summed E-state index contributed by atoms with van der Waals surface area (Å²) in [5, 5.41) is 13.7. The molecule has 404 valence electrons. The Bertz CT molecular complexity index is 2700. The number of carbonyl (C=O) groups excluding carboxylic acids is 8. The third kappa shape index (κ3) is 17.3. The predicted molar refractivity (Wildman–Crippen MR) is 281 cm³/mol. The molecule has 0 bridgehead atoms. The number of nitrogens with two attached hydrogens (primary N) is 2. The fraction of sp³-hybridized carbons (Fsp3) is 0.415. The molecule has 8 amide bonds. The Labute approximate surface area is 440 Å². The van der Waals surface area contributed by atoms with E-state index in [2.05, 4.69) is 46.4 Å². The molecule has 3 atom stereocenters. The lowest BCUT2D eigenvalue weighted by Crippen LogP contribution is -2.45. The lowest BCUT2D eigenvalue weighted by molar-refractivity contribution is -0.137. The van der Waals surface area contributed by atoms with Gasteiger partial charge in [0.2, 0.25) is 11.8 Å². The van der Waals surface area contributed by atoms with Gasteiger partial charge in [-0.05, 0) is 86.6 Å². The van der Waals surface area contributed by atoms with Gasteiger partial charge >= 0.3 is 12.1 Å². The molecule has 4 aromatic rings. The molecule has 0 radical (unpaired) electrons. The van der Waals surface area contributed by atoms with E-state index in [1.165, 1.54) is 18.3 Å². The van der Waals surface area contributed by atoms with Gasteiger partial charge in [-0.1, -0.05) is 32.4 Å². The van der Waals surface area contributed by atoms with Crippen molar-refractivity contribution in [3.63, 3.8) is 0 Å². The summed E-state index contributed by atoms with van der Waals surface area (Å²) < 4.78 is 16.9. The second-order valence-electron chi connectivity index (χ2n) is 18.6. The summed E-state index contributed by atoms with van der Waals surface area (Å²) >= 11 is 0. The van der Waals surface area contributed by atoms with Gasteiger partial charge in [0.1, 0.15) is 18.5 Å². The minimum Gasteiger partial charge on any atom is -0.489 e. The third-order valence-electron chi connectivity index (χ3n) is 12.4. The van der Waals surface area contributed by atoms with Crippen molar-refractivity contribution in [3.8, 4) is 17.0 Å². The zero-order chi connectivity index (χ0) is 54.6. The average Bonchev–Trinajstić information content (AvgIpc) is 3.73. The average molecular weight is 1050 g/mol. The van der Waals surface area contributed by atoms with Crippen molar-refractivity contribution < 1.29 is 52.6 Å². The number of benzene rings is 2.